The maximum Gasteiger partial charge on any atom is 0.338 e. The van der Waals surface area contributed by atoms with Crippen molar-refractivity contribution in [3.63, 3.8) is 0 Å². The maximum absolute atomic E-state index is 15.2. The van der Waals surface area contributed by atoms with E-state index in [4.69, 9.17) is 14.5 Å². The zero-order valence-corrected chi connectivity index (χ0v) is 18.2. The second-order valence-electron chi connectivity index (χ2n) is 7.58. The number of benzene rings is 3. The van der Waals surface area contributed by atoms with Crippen molar-refractivity contribution in [2.75, 3.05) is 19.0 Å². The van der Waals surface area contributed by atoms with Crippen molar-refractivity contribution in [1.29, 1.82) is 0 Å². The summed E-state index contributed by atoms with van der Waals surface area (Å²) in [4.78, 5) is 18.1. The topological polar surface area (TPSA) is 65.4 Å². The quantitative estimate of drug-likeness (QED) is 0.431. The van der Waals surface area contributed by atoms with Crippen LogP contribution >= 0.6 is 0 Å². The van der Waals surface area contributed by atoms with Gasteiger partial charge in [0.25, 0.3) is 0 Å². The van der Waals surface area contributed by atoms with Gasteiger partial charge in [-0.1, -0.05) is 30.3 Å². The minimum absolute atomic E-state index is 0.194. The molecule has 0 saturated carbocycles. The van der Waals surface area contributed by atoms with Gasteiger partial charge in [-0.25, -0.2) is 14.2 Å². The fourth-order valence-corrected chi connectivity index (χ4v) is 4.24. The number of methoxy groups -OCH3 is 1. The Hall–Kier alpha value is -4.13. The maximum atomic E-state index is 15.2. The number of fused-ring (bicyclic) bond motifs is 3. The first kappa shape index (κ1) is 20.8. The number of aromatic nitrogens is 2. The van der Waals surface area contributed by atoms with Gasteiger partial charge in [0.05, 0.1) is 42.1 Å². The molecule has 5 rings (SSSR count). The monoisotopic (exact) mass is 443 g/mol. The molecule has 7 heteroatoms. The molecule has 0 spiro atoms. The van der Waals surface area contributed by atoms with E-state index in [9.17, 15) is 4.79 Å². The first-order chi connectivity index (χ1) is 16.1. The fourth-order valence-electron chi connectivity index (χ4n) is 4.24. The lowest BCUT2D eigenvalue weighted by Gasteiger charge is -2.31. The summed E-state index contributed by atoms with van der Waals surface area (Å²) in [5, 5.41) is 3.32. The number of hydrogen-bond acceptors (Lipinski definition) is 5. The van der Waals surface area contributed by atoms with Crippen molar-refractivity contribution in [3.8, 4) is 5.75 Å². The molecule has 1 aliphatic heterocycles. The molecule has 0 unspecified atom stereocenters. The largest absolute Gasteiger partial charge is 0.497 e. The van der Waals surface area contributed by atoms with Gasteiger partial charge in [-0.15, -0.1) is 0 Å². The van der Waals surface area contributed by atoms with E-state index in [1.165, 1.54) is 6.07 Å². The Morgan fingerprint density at radius 1 is 1.06 bits per heavy atom. The lowest BCUT2D eigenvalue weighted by atomic mass is 9.92. The van der Waals surface area contributed by atoms with Crippen LogP contribution in [0.1, 0.15) is 24.1 Å². The molecule has 0 amide bonds. The van der Waals surface area contributed by atoms with Crippen molar-refractivity contribution in [2.45, 2.75) is 13.0 Å². The third-order valence-electron chi connectivity index (χ3n) is 5.71. The van der Waals surface area contributed by atoms with Crippen molar-refractivity contribution < 1.29 is 18.7 Å². The molecule has 0 saturated heterocycles. The third-order valence-corrected chi connectivity index (χ3v) is 5.71. The van der Waals surface area contributed by atoms with Crippen LogP contribution in [0.2, 0.25) is 0 Å². The number of hydrogen-bond donors (Lipinski definition) is 1. The Labute approximate surface area is 190 Å². The first-order valence-electron chi connectivity index (χ1n) is 10.7. The smallest absolute Gasteiger partial charge is 0.338 e. The zero-order valence-electron chi connectivity index (χ0n) is 18.2. The van der Waals surface area contributed by atoms with Gasteiger partial charge in [-0.3, -0.25) is 4.57 Å². The van der Waals surface area contributed by atoms with Crippen LogP contribution in [0.25, 0.3) is 16.7 Å². The summed E-state index contributed by atoms with van der Waals surface area (Å²) in [5.41, 5.74) is 3.44. The van der Waals surface area contributed by atoms with Gasteiger partial charge < -0.3 is 14.8 Å². The molecule has 1 atom stereocenters. The van der Waals surface area contributed by atoms with Crippen molar-refractivity contribution in [1.82, 2.24) is 9.55 Å². The van der Waals surface area contributed by atoms with Gasteiger partial charge in [0, 0.05) is 5.56 Å². The summed E-state index contributed by atoms with van der Waals surface area (Å²) >= 11 is 0. The lowest BCUT2D eigenvalue weighted by molar-refractivity contribution is -0.138. The van der Waals surface area contributed by atoms with E-state index < -0.39 is 17.8 Å². The van der Waals surface area contributed by atoms with Gasteiger partial charge >= 0.3 is 5.97 Å². The van der Waals surface area contributed by atoms with Crippen LogP contribution in [0, 0.1) is 5.82 Å². The summed E-state index contributed by atoms with van der Waals surface area (Å²) in [7, 11) is 1.59. The van der Waals surface area contributed by atoms with Gasteiger partial charge in [0.15, 0.2) is 0 Å². The highest BCUT2D eigenvalue weighted by atomic mass is 19.1. The first-order valence-corrected chi connectivity index (χ1v) is 10.7. The summed E-state index contributed by atoms with van der Waals surface area (Å²) in [6.45, 7) is 1.94. The number of halogens is 1. The number of carbonyl (C=O) groups is 1. The van der Waals surface area contributed by atoms with Crippen LogP contribution in [0.3, 0.4) is 0 Å². The van der Waals surface area contributed by atoms with Gasteiger partial charge in [0.2, 0.25) is 5.95 Å². The Morgan fingerprint density at radius 3 is 2.52 bits per heavy atom. The highest BCUT2D eigenvalue weighted by Gasteiger charge is 2.37. The lowest BCUT2D eigenvalue weighted by Crippen LogP contribution is -2.29. The number of esters is 1. The van der Waals surface area contributed by atoms with Crippen LogP contribution in [-0.2, 0) is 9.53 Å². The average molecular weight is 443 g/mol. The van der Waals surface area contributed by atoms with Crippen LogP contribution in [0.15, 0.2) is 78.4 Å². The van der Waals surface area contributed by atoms with Gasteiger partial charge in [-0.05, 0) is 55.0 Å². The minimum Gasteiger partial charge on any atom is -0.497 e. The molecule has 0 bridgehead atoms. The number of imidazole rings is 1. The van der Waals surface area contributed by atoms with E-state index in [-0.39, 0.29) is 6.61 Å². The number of anilines is 1. The van der Waals surface area contributed by atoms with Gasteiger partial charge in [-0.2, -0.15) is 0 Å². The van der Waals surface area contributed by atoms with Crippen LogP contribution < -0.4 is 10.1 Å². The molecule has 4 aromatic rings. The molecule has 6 nitrogen and oxygen atoms in total. The van der Waals surface area contributed by atoms with Crippen molar-refractivity contribution in [2.24, 2.45) is 0 Å². The minimum atomic E-state index is -0.772. The summed E-state index contributed by atoms with van der Waals surface area (Å²) in [6, 6.07) is 20.6. The number of rotatable bonds is 5. The van der Waals surface area contributed by atoms with E-state index in [1.807, 2.05) is 53.1 Å². The molecule has 33 heavy (non-hydrogen) atoms. The highest BCUT2D eigenvalue weighted by Crippen LogP contribution is 2.43. The standard InChI is InChI=1S/C26H22FN3O3/c1-3-33-25(31)22-23(16-12-14-17(32-2)15-13-16)29-26-28-20-10-6-7-11-21(20)30(26)24(22)18-8-4-5-9-19(18)27/h4-15,24H,3H2,1-2H3,(H,28,29)/t24-/m0/s1. The average Bonchev–Trinajstić information content (AvgIpc) is 3.22. The summed E-state index contributed by atoms with van der Waals surface area (Å²) in [6.07, 6.45) is 0. The number of carbonyl (C=O) groups excluding carboxylic acids is 1. The summed E-state index contributed by atoms with van der Waals surface area (Å²) < 4.78 is 27.8. The predicted octanol–water partition coefficient (Wildman–Crippen LogP) is 5.17. The van der Waals surface area contributed by atoms with E-state index in [2.05, 4.69) is 5.32 Å². The second kappa shape index (κ2) is 8.43. The van der Waals surface area contributed by atoms with E-state index in [0.29, 0.717) is 28.5 Å². The van der Waals surface area contributed by atoms with Crippen molar-refractivity contribution in [3.05, 3.63) is 95.3 Å². The van der Waals surface area contributed by atoms with Crippen LogP contribution in [0.5, 0.6) is 5.75 Å². The number of para-hydroxylation sites is 2. The molecular weight excluding hydrogens is 421 g/mol. The number of nitrogens with zero attached hydrogens (tertiary/aromatic N) is 2. The molecule has 2 heterocycles. The van der Waals surface area contributed by atoms with Crippen LogP contribution in [0.4, 0.5) is 10.3 Å². The normalized spacial score (nSPS) is 15.2. The Morgan fingerprint density at radius 2 is 1.79 bits per heavy atom. The molecule has 3 aromatic carbocycles. The fraction of sp³-hybridized carbons (Fsp3) is 0.154. The van der Waals surface area contributed by atoms with E-state index in [0.717, 1.165) is 16.6 Å². The Kier molecular flexibility index (Phi) is 5.30. The second-order valence-corrected chi connectivity index (χ2v) is 7.58. The van der Waals surface area contributed by atoms with E-state index >= 15 is 4.39 Å². The molecule has 0 aliphatic carbocycles. The zero-order chi connectivity index (χ0) is 22.9. The van der Waals surface area contributed by atoms with Crippen LogP contribution in [-0.4, -0.2) is 29.2 Å². The molecular formula is C26H22FN3O3. The molecule has 166 valence electrons. The van der Waals surface area contributed by atoms with Crippen molar-refractivity contribution >= 4 is 28.6 Å². The Balaban J connectivity index is 1.83. The molecule has 0 radical (unpaired) electrons. The SMILES string of the molecule is CCOC(=O)C1=C(c2ccc(OC)cc2)Nc2nc3ccccc3n2[C@H]1c1ccccc1F. The number of ether oxygens (including phenoxy) is 2. The highest BCUT2D eigenvalue weighted by molar-refractivity contribution is 6.03. The van der Waals surface area contributed by atoms with E-state index in [1.54, 1.807) is 32.2 Å². The molecule has 1 aliphatic rings. The molecule has 0 fully saturated rings. The Bertz CT molecular complexity index is 1380. The molecule has 1 N–H and O–H groups in total. The summed E-state index contributed by atoms with van der Waals surface area (Å²) in [5.74, 6) is 0.269. The number of nitrogens with one attached hydrogen (secondary N) is 1. The van der Waals surface area contributed by atoms with Gasteiger partial charge in [0.1, 0.15) is 11.6 Å². The third kappa shape index (κ3) is 3.51. The predicted molar refractivity (Wildman–Crippen MR) is 124 cm³/mol. The molecule has 1 aromatic heterocycles.